The van der Waals surface area contributed by atoms with Crippen LogP contribution in [0.4, 0.5) is 0 Å². The van der Waals surface area contributed by atoms with Crippen molar-refractivity contribution in [1.82, 2.24) is 0 Å². The third kappa shape index (κ3) is 2.56. The first-order valence-corrected chi connectivity index (χ1v) is 8.25. The Hall–Kier alpha value is -0.740. The highest BCUT2D eigenvalue weighted by molar-refractivity contribution is 9.10. The van der Waals surface area contributed by atoms with Gasteiger partial charge in [0.1, 0.15) is 0 Å². The minimum atomic E-state index is -0.196. The minimum absolute atomic E-state index is 0.196. The molecule has 2 fully saturated rings. The lowest BCUT2D eigenvalue weighted by atomic mass is 9.73. The van der Waals surface area contributed by atoms with Gasteiger partial charge in [-0.25, -0.2) is 0 Å². The van der Waals surface area contributed by atoms with Crippen molar-refractivity contribution in [2.24, 2.45) is 5.73 Å². The van der Waals surface area contributed by atoms with Crippen LogP contribution >= 0.6 is 15.9 Å². The van der Waals surface area contributed by atoms with Gasteiger partial charge in [-0.15, -0.1) is 0 Å². The minimum Gasteiger partial charge on any atom is -0.493 e. The molecule has 2 aliphatic carbocycles. The first-order chi connectivity index (χ1) is 9.62. The van der Waals surface area contributed by atoms with E-state index in [9.17, 15) is 0 Å². The maximum absolute atomic E-state index is 6.44. The molecule has 2 N–H and O–H groups in total. The number of benzene rings is 1. The first-order valence-electron chi connectivity index (χ1n) is 7.46. The van der Waals surface area contributed by atoms with E-state index in [-0.39, 0.29) is 5.54 Å². The smallest absolute Gasteiger partial charge is 0.162 e. The van der Waals surface area contributed by atoms with E-state index in [2.05, 4.69) is 15.9 Å². The fourth-order valence-electron chi connectivity index (χ4n) is 3.18. The molecule has 1 aromatic carbocycles. The van der Waals surface area contributed by atoms with Crippen LogP contribution in [0.5, 0.6) is 11.5 Å². The Bertz CT molecular complexity index is 493. The molecule has 0 unspecified atom stereocenters. The summed E-state index contributed by atoms with van der Waals surface area (Å²) in [5, 5.41) is 0. The van der Waals surface area contributed by atoms with Gasteiger partial charge in [-0.05, 0) is 62.6 Å². The third-order valence-electron chi connectivity index (χ3n) is 4.63. The zero-order valence-electron chi connectivity index (χ0n) is 12.0. The number of methoxy groups -OCH3 is 1. The molecule has 4 heteroatoms. The van der Waals surface area contributed by atoms with Crippen molar-refractivity contribution in [3.8, 4) is 11.5 Å². The molecule has 0 heterocycles. The Morgan fingerprint density at radius 3 is 2.40 bits per heavy atom. The number of rotatable bonds is 4. The fourth-order valence-corrected chi connectivity index (χ4v) is 3.90. The predicted molar refractivity (Wildman–Crippen MR) is 83.3 cm³/mol. The molecule has 1 aromatic rings. The van der Waals surface area contributed by atoms with E-state index in [0.717, 1.165) is 47.2 Å². The van der Waals surface area contributed by atoms with Crippen LogP contribution in [-0.2, 0) is 5.54 Å². The highest BCUT2D eigenvalue weighted by Crippen LogP contribution is 2.46. The molecule has 0 saturated heterocycles. The summed E-state index contributed by atoms with van der Waals surface area (Å²) in [6.45, 7) is 0. The van der Waals surface area contributed by atoms with E-state index in [0.29, 0.717) is 6.10 Å². The molecular weight excluding hydrogens is 318 g/mol. The van der Waals surface area contributed by atoms with E-state index in [1.165, 1.54) is 19.3 Å². The van der Waals surface area contributed by atoms with Crippen molar-refractivity contribution in [3.05, 3.63) is 22.2 Å². The molecule has 0 aliphatic heterocycles. The Labute approximate surface area is 129 Å². The van der Waals surface area contributed by atoms with Crippen molar-refractivity contribution in [2.75, 3.05) is 7.11 Å². The Morgan fingerprint density at radius 2 is 1.85 bits per heavy atom. The maximum Gasteiger partial charge on any atom is 0.162 e. The average molecular weight is 340 g/mol. The van der Waals surface area contributed by atoms with Gasteiger partial charge in [-0.1, -0.05) is 15.9 Å². The van der Waals surface area contributed by atoms with Crippen LogP contribution in [0, 0.1) is 0 Å². The Morgan fingerprint density at radius 1 is 1.15 bits per heavy atom. The average Bonchev–Trinajstić information content (AvgIpc) is 2.89. The lowest BCUT2D eigenvalue weighted by molar-refractivity contribution is 0.199. The standard InChI is InChI=1S/C16H22BrNO2/c1-19-14-9-12(16(18)7-4-8-16)13(17)10-15(14)20-11-5-2-3-6-11/h9-11H,2-8,18H2,1H3. The van der Waals surface area contributed by atoms with E-state index in [1.807, 2.05) is 12.1 Å². The number of ether oxygens (including phenoxy) is 2. The number of hydrogen-bond donors (Lipinski definition) is 1. The van der Waals surface area contributed by atoms with Crippen molar-refractivity contribution < 1.29 is 9.47 Å². The normalized spacial score (nSPS) is 21.6. The van der Waals surface area contributed by atoms with Crippen LogP contribution < -0.4 is 15.2 Å². The predicted octanol–water partition coefficient (Wildman–Crippen LogP) is 4.12. The Balaban J connectivity index is 1.88. The largest absolute Gasteiger partial charge is 0.493 e. The van der Waals surface area contributed by atoms with Crippen molar-refractivity contribution in [3.63, 3.8) is 0 Å². The van der Waals surface area contributed by atoms with Crippen molar-refractivity contribution in [1.29, 1.82) is 0 Å². The number of hydrogen-bond acceptors (Lipinski definition) is 3. The van der Waals surface area contributed by atoms with Gasteiger partial charge in [-0.2, -0.15) is 0 Å². The van der Waals surface area contributed by atoms with Gasteiger partial charge in [0.05, 0.1) is 13.2 Å². The van der Waals surface area contributed by atoms with Gasteiger partial charge in [0.2, 0.25) is 0 Å². The van der Waals surface area contributed by atoms with E-state index in [1.54, 1.807) is 7.11 Å². The topological polar surface area (TPSA) is 44.5 Å². The zero-order valence-corrected chi connectivity index (χ0v) is 13.5. The molecule has 0 spiro atoms. The molecule has 20 heavy (non-hydrogen) atoms. The summed E-state index contributed by atoms with van der Waals surface area (Å²) < 4.78 is 12.7. The van der Waals surface area contributed by atoms with Crippen LogP contribution in [0.2, 0.25) is 0 Å². The SMILES string of the molecule is COc1cc(C2(N)CCC2)c(Br)cc1OC1CCCC1. The molecule has 110 valence electrons. The summed E-state index contributed by atoms with van der Waals surface area (Å²) in [7, 11) is 1.69. The first kappa shape index (κ1) is 14.2. The van der Waals surface area contributed by atoms with Crippen molar-refractivity contribution >= 4 is 15.9 Å². The second kappa shape index (κ2) is 5.57. The Kier molecular flexibility index (Phi) is 3.95. The summed E-state index contributed by atoms with van der Waals surface area (Å²) in [5.74, 6) is 1.63. The maximum atomic E-state index is 6.44. The van der Waals surface area contributed by atoms with Crippen molar-refractivity contribution in [2.45, 2.75) is 56.6 Å². The van der Waals surface area contributed by atoms with Gasteiger partial charge < -0.3 is 15.2 Å². The van der Waals surface area contributed by atoms with Gasteiger partial charge >= 0.3 is 0 Å². The molecule has 2 aliphatic rings. The number of nitrogens with two attached hydrogens (primary N) is 1. The van der Waals surface area contributed by atoms with Gasteiger partial charge in [0.25, 0.3) is 0 Å². The molecule has 2 saturated carbocycles. The highest BCUT2D eigenvalue weighted by atomic mass is 79.9. The monoisotopic (exact) mass is 339 g/mol. The van der Waals surface area contributed by atoms with Gasteiger partial charge in [-0.3, -0.25) is 0 Å². The van der Waals surface area contributed by atoms with Crippen LogP contribution in [-0.4, -0.2) is 13.2 Å². The molecule has 0 amide bonds. The zero-order chi connectivity index (χ0) is 14.2. The summed E-state index contributed by atoms with van der Waals surface area (Å²) >= 11 is 3.65. The molecule has 0 aromatic heterocycles. The van der Waals surface area contributed by atoms with E-state index in [4.69, 9.17) is 15.2 Å². The molecule has 0 radical (unpaired) electrons. The van der Waals surface area contributed by atoms with E-state index >= 15 is 0 Å². The van der Waals surface area contributed by atoms with Gasteiger partial charge in [0, 0.05) is 10.0 Å². The third-order valence-corrected chi connectivity index (χ3v) is 5.29. The lowest BCUT2D eigenvalue weighted by Gasteiger charge is -2.39. The van der Waals surface area contributed by atoms with Crippen LogP contribution in [0.1, 0.15) is 50.5 Å². The second-order valence-electron chi connectivity index (χ2n) is 6.02. The summed E-state index contributed by atoms with van der Waals surface area (Å²) in [5.41, 5.74) is 7.38. The summed E-state index contributed by atoms with van der Waals surface area (Å²) in [6, 6.07) is 4.08. The van der Waals surface area contributed by atoms with Crippen LogP contribution in [0.3, 0.4) is 0 Å². The second-order valence-corrected chi connectivity index (χ2v) is 6.87. The molecule has 0 bridgehead atoms. The van der Waals surface area contributed by atoms with Crippen LogP contribution in [0.15, 0.2) is 16.6 Å². The van der Waals surface area contributed by atoms with Crippen LogP contribution in [0.25, 0.3) is 0 Å². The molecule has 3 nitrogen and oxygen atoms in total. The summed E-state index contributed by atoms with van der Waals surface area (Å²) in [4.78, 5) is 0. The van der Waals surface area contributed by atoms with E-state index < -0.39 is 0 Å². The quantitative estimate of drug-likeness (QED) is 0.897. The molecular formula is C16H22BrNO2. The highest BCUT2D eigenvalue weighted by Gasteiger charge is 2.36. The number of halogens is 1. The summed E-state index contributed by atoms with van der Waals surface area (Å²) in [6.07, 6.45) is 8.42. The van der Waals surface area contributed by atoms with Gasteiger partial charge in [0.15, 0.2) is 11.5 Å². The fraction of sp³-hybridized carbons (Fsp3) is 0.625. The lowest BCUT2D eigenvalue weighted by Crippen LogP contribution is -2.43. The molecule has 3 rings (SSSR count). The molecule has 0 atom stereocenters.